The first-order chi connectivity index (χ1) is 9.61. The van der Waals surface area contributed by atoms with E-state index in [1.54, 1.807) is 17.0 Å². The zero-order valence-corrected chi connectivity index (χ0v) is 11.5. The monoisotopic (exact) mass is 277 g/mol. The van der Waals surface area contributed by atoms with Gasteiger partial charge in [-0.3, -0.25) is 9.59 Å². The number of carbonyl (C=O) groups is 2. The molecule has 20 heavy (non-hydrogen) atoms. The van der Waals surface area contributed by atoms with E-state index in [1.807, 2.05) is 0 Å². The Hall–Kier alpha value is -2.04. The Morgan fingerprint density at radius 2 is 2.05 bits per heavy atom. The number of hydrogen-bond acceptors (Lipinski definition) is 4. The van der Waals surface area contributed by atoms with Crippen LogP contribution in [0.2, 0.25) is 0 Å². The van der Waals surface area contributed by atoms with E-state index in [1.165, 1.54) is 19.2 Å². The molecule has 0 bridgehead atoms. The lowest BCUT2D eigenvalue weighted by atomic mass is 10.1. The molecule has 108 valence electrons. The van der Waals surface area contributed by atoms with E-state index >= 15 is 0 Å². The summed E-state index contributed by atoms with van der Waals surface area (Å²) in [4.78, 5) is 25.6. The minimum absolute atomic E-state index is 0.0419. The lowest BCUT2D eigenvalue weighted by Crippen LogP contribution is -2.42. The van der Waals surface area contributed by atoms with E-state index < -0.39 is 5.97 Å². The highest BCUT2D eigenvalue weighted by molar-refractivity contribution is 5.96. The van der Waals surface area contributed by atoms with Gasteiger partial charge in [0, 0.05) is 11.6 Å². The summed E-state index contributed by atoms with van der Waals surface area (Å²) in [5.41, 5.74) is 0.390. The van der Waals surface area contributed by atoms with Crippen LogP contribution in [0.15, 0.2) is 24.3 Å². The van der Waals surface area contributed by atoms with Gasteiger partial charge in [0.1, 0.15) is 12.3 Å². The third-order valence-electron chi connectivity index (χ3n) is 3.65. The second-order valence-corrected chi connectivity index (χ2v) is 5.00. The standard InChI is InChI=1S/C15H19NO4/c1-20-14(18)10-16(12-6-2-3-7-12)15(19)11-5-4-8-13(17)9-11/h4-5,8-9,12,17H,2-3,6-7,10H2,1H3. The van der Waals surface area contributed by atoms with Crippen LogP contribution in [0.5, 0.6) is 5.75 Å². The largest absolute Gasteiger partial charge is 0.508 e. The molecule has 0 spiro atoms. The average Bonchev–Trinajstić information content (AvgIpc) is 2.97. The van der Waals surface area contributed by atoms with Crippen molar-refractivity contribution in [2.24, 2.45) is 0 Å². The van der Waals surface area contributed by atoms with Crippen LogP contribution < -0.4 is 0 Å². The summed E-state index contributed by atoms with van der Waals surface area (Å²) in [6.07, 6.45) is 3.94. The van der Waals surface area contributed by atoms with Crippen LogP contribution in [0.1, 0.15) is 36.0 Å². The minimum atomic E-state index is -0.426. The summed E-state index contributed by atoms with van der Waals surface area (Å²) in [5, 5.41) is 9.47. The first kappa shape index (κ1) is 14.4. The molecule has 0 saturated heterocycles. The van der Waals surface area contributed by atoms with Crippen molar-refractivity contribution in [2.75, 3.05) is 13.7 Å². The number of rotatable bonds is 4. The number of methoxy groups -OCH3 is 1. The van der Waals surface area contributed by atoms with Crippen LogP contribution in [-0.4, -0.2) is 41.6 Å². The minimum Gasteiger partial charge on any atom is -0.508 e. The number of phenolic OH excluding ortho intramolecular Hbond substituents is 1. The van der Waals surface area contributed by atoms with Gasteiger partial charge in [0.2, 0.25) is 0 Å². The molecule has 1 aliphatic carbocycles. The molecule has 1 fully saturated rings. The maximum Gasteiger partial charge on any atom is 0.325 e. The molecule has 5 nitrogen and oxygen atoms in total. The van der Waals surface area contributed by atoms with Gasteiger partial charge in [-0.2, -0.15) is 0 Å². The van der Waals surface area contributed by atoms with Crippen LogP contribution in [0.25, 0.3) is 0 Å². The molecular weight excluding hydrogens is 258 g/mol. The van der Waals surface area contributed by atoms with Gasteiger partial charge in [-0.15, -0.1) is 0 Å². The lowest BCUT2D eigenvalue weighted by Gasteiger charge is -2.28. The maximum absolute atomic E-state index is 12.5. The number of carbonyl (C=O) groups excluding carboxylic acids is 2. The number of amides is 1. The van der Waals surface area contributed by atoms with Crippen LogP contribution in [0, 0.1) is 0 Å². The van der Waals surface area contributed by atoms with Crippen molar-refractivity contribution in [3.8, 4) is 5.75 Å². The highest BCUT2D eigenvalue weighted by Gasteiger charge is 2.29. The first-order valence-corrected chi connectivity index (χ1v) is 6.78. The van der Waals surface area contributed by atoms with Gasteiger partial charge in [0.25, 0.3) is 5.91 Å². The van der Waals surface area contributed by atoms with Crippen molar-refractivity contribution in [2.45, 2.75) is 31.7 Å². The van der Waals surface area contributed by atoms with Crippen LogP contribution in [0.4, 0.5) is 0 Å². The number of nitrogens with zero attached hydrogens (tertiary/aromatic N) is 1. The molecule has 0 aromatic heterocycles. The number of benzene rings is 1. The van der Waals surface area contributed by atoms with Crippen LogP contribution in [-0.2, 0) is 9.53 Å². The molecule has 1 aliphatic rings. The Bertz CT molecular complexity index is 494. The molecule has 5 heteroatoms. The fourth-order valence-corrected chi connectivity index (χ4v) is 2.59. The van der Waals surface area contributed by atoms with Gasteiger partial charge in [-0.25, -0.2) is 0 Å². The molecule has 0 aliphatic heterocycles. The van der Waals surface area contributed by atoms with E-state index in [9.17, 15) is 14.7 Å². The predicted molar refractivity (Wildman–Crippen MR) is 73.4 cm³/mol. The smallest absolute Gasteiger partial charge is 0.325 e. The number of ether oxygens (including phenoxy) is 1. The van der Waals surface area contributed by atoms with Crippen molar-refractivity contribution in [1.82, 2.24) is 4.90 Å². The van der Waals surface area contributed by atoms with Gasteiger partial charge in [-0.1, -0.05) is 18.9 Å². The van der Waals surface area contributed by atoms with E-state index in [0.29, 0.717) is 5.56 Å². The number of hydrogen-bond donors (Lipinski definition) is 1. The van der Waals surface area contributed by atoms with E-state index in [4.69, 9.17) is 0 Å². The van der Waals surface area contributed by atoms with E-state index in [-0.39, 0.29) is 24.2 Å². The fourth-order valence-electron chi connectivity index (χ4n) is 2.59. The normalized spacial score (nSPS) is 15.1. The zero-order chi connectivity index (χ0) is 14.5. The number of esters is 1. The van der Waals surface area contributed by atoms with Gasteiger partial charge in [-0.05, 0) is 31.0 Å². The molecule has 2 rings (SSSR count). The lowest BCUT2D eigenvalue weighted by molar-refractivity contribution is -0.141. The van der Waals surface area contributed by atoms with Crippen LogP contribution in [0.3, 0.4) is 0 Å². The number of phenols is 1. The Morgan fingerprint density at radius 1 is 1.35 bits per heavy atom. The summed E-state index contributed by atoms with van der Waals surface area (Å²) < 4.78 is 4.67. The predicted octanol–water partition coefficient (Wildman–Crippen LogP) is 1.95. The third-order valence-corrected chi connectivity index (χ3v) is 3.65. The Kier molecular flexibility index (Phi) is 4.61. The first-order valence-electron chi connectivity index (χ1n) is 6.78. The van der Waals surface area contributed by atoms with Crippen molar-refractivity contribution < 1.29 is 19.4 Å². The molecular formula is C15H19NO4. The molecule has 1 aromatic carbocycles. The third kappa shape index (κ3) is 3.29. The summed E-state index contributed by atoms with van der Waals surface area (Å²) in [6.45, 7) is -0.0460. The SMILES string of the molecule is COC(=O)CN(C(=O)c1cccc(O)c1)C1CCCC1. The molecule has 0 heterocycles. The van der Waals surface area contributed by atoms with Crippen LogP contribution >= 0.6 is 0 Å². The second kappa shape index (κ2) is 6.41. The summed E-state index contributed by atoms with van der Waals surface area (Å²) in [6, 6.07) is 6.26. The van der Waals surface area contributed by atoms with Gasteiger partial charge >= 0.3 is 5.97 Å². The van der Waals surface area contributed by atoms with Crippen molar-refractivity contribution in [3.63, 3.8) is 0 Å². The highest BCUT2D eigenvalue weighted by Crippen LogP contribution is 2.25. The van der Waals surface area contributed by atoms with Gasteiger partial charge in [0.15, 0.2) is 0 Å². The number of aromatic hydroxyl groups is 1. The Labute approximate surface area is 118 Å². The molecule has 0 radical (unpaired) electrons. The van der Waals surface area contributed by atoms with Gasteiger partial charge < -0.3 is 14.7 Å². The molecule has 1 saturated carbocycles. The van der Waals surface area contributed by atoms with Crippen molar-refractivity contribution in [3.05, 3.63) is 29.8 Å². The molecule has 1 N–H and O–H groups in total. The molecule has 0 atom stereocenters. The zero-order valence-electron chi connectivity index (χ0n) is 11.5. The van der Waals surface area contributed by atoms with Gasteiger partial charge in [0.05, 0.1) is 7.11 Å². The summed E-state index contributed by atoms with van der Waals surface area (Å²) >= 11 is 0. The Morgan fingerprint density at radius 3 is 2.65 bits per heavy atom. The molecule has 1 aromatic rings. The topological polar surface area (TPSA) is 66.8 Å². The maximum atomic E-state index is 12.5. The van der Waals surface area contributed by atoms with E-state index in [2.05, 4.69) is 4.74 Å². The molecule has 0 unspecified atom stereocenters. The van der Waals surface area contributed by atoms with E-state index in [0.717, 1.165) is 25.7 Å². The van der Waals surface area contributed by atoms with Crippen molar-refractivity contribution >= 4 is 11.9 Å². The average molecular weight is 277 g/mol. The molecule has 1 amide bonds. The highest BCUT2D eigenvalue weighted by atomic mass is 16.5. The fraction of sp³-hybridized carbons (Fsp3) is 0.467. The second-order valence-electron chi connectivity index (χ2n) is 5.00. The van der Waals surface area contributed by atoms with Crippen molar-refractivity contribution in [1.29, 1.82) is 0 Å². The Balaban J connectivity index is 2.20. The summed E-state index contributed by atoms with van der Waals surface area (Å²) in [7, 11) is 1.31. The summed E-state index contributed by atoms with van der Waals surface area (Å²) in [5.74, 6) is -0.621. The quantitative estimate of drug-likeness (QED) is 0.854.